The van der Waals surface area contributed by atoms with Crippen LogP contribution in [-0.4, -0.2) is 53.7 Å². The second-order valence-corrected chi connectivity index (χ2v) is 8.15. The van der Waals surface area contributed by atoms with Crippen LogP contribution in [0.15, 0.2) is 53.5 Å². The molecular weight excluding hydrogens is 527 g/mol. The second-order valence-electron chi connectivity index (χ2n) is 8.15. The molecule has 1 aliphatic heterocycles. The minimum absolute atomic E-state index is 0. The fraction of sp³-hybridized carbons (Fsp3) is 0.440. The molecule has 0 bridgehead atoms. The van der Waals surface area contributed by atoms with Crippen molar-refractivity contribution < 1.29 is 4.74 Å². The van der Waals surface area contributed by atoms with Gasteiger partial charge in [-0.15, -0.1) is 24.0 Å². The highest BCUT2D eigenvalue weighted by atomic mass is 127. The summed E-state index contributed by atoms with van der Waals surface area (Å²) >= 11 is 0. The largest absolute Gasteiger partial charge is 0.496 e. The average molecular weight is 563 g/mol. The van der Waals surface area contributed by atoms with E-state index >= 15 is 0 Å². The van der Waals surface area contributed by atoms with Crippen LogP contribution in [0, 0.1) is 0 Å². The molecule has 1 aromatic heterocycles. The van der Waals surface area contributed by atoms with E-state index < -0.39 is 0 Å². The Balaban J connectivity index is 0.00000306. The smallest absolute Gasteiger partial charge is 0.191 e. The number of nitrogens with one attached hydrogen (secondary N) is 2. The number of halogens is 1. The summed E-state index contributed by atoms with van der Waals surface area (Å²) in [5, 5.41) is 6.96. The van der Waals surface area contributed by atoms with E-state index in [4.69, 9.17) is 14.7 Å². The summed E-state index contributed by atoms with van der Waals surface area (Å²) < 4.78 is 7.79. The first kappa shape index (κ1) is 25.3. The molecule has 4 rings (SSSR count). The molecule has 0 radical (unpaired) electrons. The fourth-order valence-electron chi connectivity index (χ4n) is 4.45. The number of nitrogens with zero attached hydrogens (tertiary/aromatic N) is 4. The number of hydrogen-bond donors (Lipinski definition) is 2. The van der Waals surface area contributed by atoms with Crippen LogP contribution in [0.2, 0.25) is 0 Å². The van der Waals surface area contributed by atoms with E-state index in [-0.39, 0.29) is 30.0 Å². The number of imidazole rings is 1. The Bertz CT molecular complexity index is 1060. The molecule has 0 saturated carbocycles. The molecule has 0 aliphatic carbocycles. The number of aryl methyl sites for hydroxylation is 1. The maximum atomic E-state index is 5.68. The van der Waals surface area contributed by atoms with Crippen molar-refractivity contribution in [3.63, 3.8) is 0 Å². The normalized spacial score (nSPS) is 15.3. The maximum absolute atomic E-state index is 5.68. The number of aromatic nitrogens is 2. The Morgan fingerprint density at radius 1 is 1.09 bits per heavy atom. The highest BCUT2D eigenvalue weighted by Gasteiger charge is 2.26. The molecule has 1 atom stereocenters. The van der Waals surface area contributed by atoms with E-state index in [0.717, 1.165) is 54.7 Å². The van der Waals surface area contributed by atoms with Crippen LogP contribution in [0.1, 0.15) is 37.2 Å². The third-order valence-electron chi connectivity index (χ3n) is 6.14. The number of likely N-dealkylation sites (tertiary alicyclic amines) is 1. The van der Waals surface area contributed by atoms with Gasteiger partial charge in [0.25, 0.3) is 0 Å². The Morgan fingerprint density at radius 3 is 2.55 bits per heavy atom. The lowest BCUT2D eigenvalue weighted by Crippen LogP contribution is -2.42. The zero-order valence-corrected chi connectivity index (χ0v) is 22.1. The molecular formula is C25H35IN6O. The van der Waals surface area contributed by atoms with Crippen molar-refractivity contribution in [2.24, 2.45) is 12.0 Å². The number of guanidine groups is 1. The van der Waals surface area contributed by atoms with Crippen molar-refractivity contribution in [3.8, 4) is 5.75 Å². The molecule has 2 aromatic carbocycles. The number of methoxy groups -OCH3 is 1. The Hall–Kier alpha value is -2.33. The zero-order chi connectivity index (χ0) is 22.3. The fourth-order valence-corrected chi connectivity index (χ4v) is 4.45. The maximum Gasteiger partial charge on any atom is 0.191 e. The molecule has 1 saturated heterocycles. The van der Waals surface area contributed by atoms with E-state index in [0.29, 0.717) is 6.54 Å². The topological polar surface area (TPSA) is 66.7 Å². The van der Waals surface area contributed by atoms with Gasteiger partial charge in [0, 0.05) is 25.7 Å². The summed E-state index contributed by atoms with van der Waals surface area (Å²) in [5.41, 5.74) is 3.35. The lowest BCUT2D eigenvalue weighted by molar-refractivity contribution is 0.239. The van der Waals surface area contributed by atoms with Crippen molar-refractivity contribution in [1.82, 2.24) is 25.1 Å². The molecule has 1 unspecified atom stereocenters. The standard InChI is InChI=1S/C25H34N6O.HI/c1-4-26-25(28-18-24-29-20-12-6-7-13-21(20)30(24)2)27-17-22(31-15-9-10-16-31)19-11-5-8-14-23(19)32-3;/h5-8,11-14,22H,4,9-10,15-18H2,1-3H3,(H2,26,27,28);1H. The third-order valence-corrected chi connectivity index (χ3v) is 6.14. The third kappa shape index (κ3) is 5.97. The van der Waals surface area contributed by atoms with Gasteiger partial charge in [0.2, 0.25) is 0 Å². The van der Waals surface area contributed by atoms with Gasteiger partial charge in [-0.1, -0.05) is 30.3 Å². The van der Waals surface area contributed by atoms with E-state index in [2.05, 4.69) is 45.2 Å². The number of ether oxygens (including phenoxy) is 1. The number of hydrogen-bond acceptors (Lipinski definition) is 4. The molecule has 2 heterocycles. The summed E-state index contributed by atoms with van der Waals surface area (Å²) in [4.78, 5) is 12.1. The molecule has 2 N–H and O–H groups in total. The zero-order valence-electron chi connectivity index (χ0n) is 19.8. The van der Waals surface area contributed by atoms with E-state index in [1.54, 1.807) is 7.11 Å². The van der Waals surface area contributed by atoms with Crippen LogP contribution in [0.25, 0.3) is 11.0 Å². The summed E-state index contributed by atoms with van der Waals surface area (Å²) in [7, 11) is 3.79. The quantitative estimate of drug-likeness (QED) is 0.246. The Labute approximate surface area is 213 Å². The molecule has 0 amide bonds. The Morgan fingerprint density at radius 2 is 1.82 bits per heavy atom. The number of rotatable bonds is 8. The average Bonchev–Trinajstić information content (AvgIpc) is 3.46. The first-order chi connectivity index (χ1) is 15.7. The van der Waals surface area contributed by atoms with Gasteiger partial charge in [-0.25, -0.2) is 9.98 Å². The van der Waals surface area contributed by atoms with Crippen LogP contribution < -0.4 is 15.4 Å². The molecule has 3 aromatic rings. The van der Waals surface area contributed by atoms with Crippen LogP contribution in [0.5, 0.6) is 5.75 Å². The van der Waals surface area contributed by atoms with Gasteiger partial charge in [-0.05, 0) is 51.1 Å². The van der Waals surface area contributed by atoms with E-state index in [1.807, 2.05) is 37.4 Å². The summed E-state index contributed by atoms with van der Waals surface area (Å²) in [6.07, 6.45) is 2.49. The highest BCUT2D eigenvalue weighted by Crippen LogP contribution is 2.31. The lowest BCUT2D eigenvalue weighted by Gasteiger charge is -2.30. The summed E-state index contributed by atoms with van der Waals surface area (Å²) in [6, 6.07) is 16.8. The van der Waals surface area contributed by atoms with Crippen molar-refractivity contribution in [1.29, 1.82) is 0 Å². The van der Waals surface area contributed by atoms with Crippen molar-refractivity contribution in [3.05, 3.63) is 59.9 Å². The molecule has 1 aliphatic rings. The van der Waals surface area contributed by atoms with Crippen LogP contribution in [0.4, 0.5) is 0 Å². The molecule has 1 fully saturated rings. The molecule has 178 valence electrons. The number of aliphatic imine (C=N–C) groups is 1. The van der Waals surface area contributed by atoms with Crippen LogP contribution >= 0.6 is 24.0 Å². The molecule has 7 nitrogen and oxygen atoms in total. The lowest BCUT2D eigenvalue weighted by atomic mass is 10.0. The summed E-state index contributed by atoms with van der Waals surface area (Å²) in [5.74, 6) is 2.69. The van der Waals surface area contributed by atoms with Gasteiger partial charge < -0.3 is 19.9 Å². The Kier molecular flexibility index (Phi) is 9.37. The van der Waals surface area contributed by atoms with Gasteiger partial charge in [0.15, 0.2) is 5.96 Å². The minimum atomic E-state index is 0. The van der Waals surface area contributed by atoms with Gasteiger partial charge in [0.05, 0.1) is 24.2 Å². The van der Waals surface area contributed by atoms with E-state index in [9.17, 15) is 0 Å². The minimum Gasteiger partial charge on any atom is -0.496 e. The van der Waals surface area contributed by atoms with Crippen molar-refractivity contribution in [2.75, 3.05) is 33.3 Å². The summed E-state index contributed by atoms with van der Waals surface area (Å²) in [6.45, 7) is 6.38. The SMILES string of the molecule is CCNC(=NCc1nc2ccccc2n1C)NCC(c1ccccc1OC)N1CCCC1.I. The van der Waals surface area contributed by atoms with Crippen LogP contribution in [0.3, 0.4) is 0 Å². The number of benzene rings is 2. The van der Waals surface area contributed by atoms with Crippen molar-refractivity contribution >= 4 is 41.0 Å². The molecule has 33 heavy (non-hydrogen) atoms. The molecule has 8 heteroatoms. The van der Waals surface area contributed by atoms with Crippen molar-refractivity contribution in [2.45, 2.75) is 32.4 Å². The highest BCUT2D eigenvalue weighted by molar-refractivity contribution is 14.0. The van der Waals surface area contributed by atoms with Crippen LogP contribution in [-0.2, 0) is 13.6 Å². The number of para-hydroxylation sites is 3. The monoisotopic (exact) mass is 562 g/mol. The predicted molar refractivity (Wildman–Crippen MR) is 145 cm³/mol. The second kappa shape index (κ2) is 12.2. The first-order valence-corrected chi connectivity index (χ1v) is 11.5. The van der Waals surface area contributed by atoms with Gasteiger partial charge >= 0.3 is 0 Å². The number of fused-ring (bicyclic) bond motifs is 1. The molecule has 0 spiro atoms. The van der Waals surface area contributed by atoms with E-state index in [1.165, 1.54) is 18.4 Å². The predicted octanol–water partition coefficient (Wildman–Crippen LogP) is 4.09. The van der Waals surface area contributed by atoms with Gasteiger partial charge in [-0.3, -0.25) is 4.90 Å². The first-order valence-electron chi connectivity index (χ1n) is 11.5. The van der Waals surface area contributed by atoms with Gasteiger partial charge in [0.1, 0.15) is 18.1 Å². The van der Waals surface area contributed by atoms with Gasteiger partial charge in [-0.2, -0.15) is 0 Å².